The molecule has 0 bridgehead atoms. The van der Waals surface area contributed by atoms with Gasteiger partial charge in [0.25, 0.3) is 0 Å². The molecule has 0 fully saturated rings. The second-order valence-corrected chi connectivity index (χ2v) is 5.11. The van der Waals surface area contributed by atoms with Crippen LogP contribution < -0.4 is 5.32 Å². The number of rotatable bonds is 5. The van der Waals surface area contributed by atoms with Crippen molar-refractivity contribution < 1.29 is 0 Å². The summed E-state index contributed by atoms with van der Waals surface area (Å²) >= 11 is 0. The molecule has 0 aliphatic rings. The van der Waals surface area contributed by atoms with Gasteiger partial charge in [0.2, 0.25) is 0 Å². The summed E-state index contributed by atoms with van der Waals surface area (Å²) in [5.74, 6) is 1.64. The molecule has 3 heteroatoms. The van der Waals surface area contributed by atoms with Crippen molar-refractivity contribution in [3.05, 3.63) is 53.6 Å². The molecule has 102 valence electrons. The summed E-state index contributed by atoms with van der Waals surface area (Å²) in [7, 11) is 1.98. The van der Waals surface area contributed by atoms with E-state index in [9.17, 15) is 0 Å². The highest BCUT2D eigenvalue weighted by Gasteiger charge is 2.16. The average Bonchev–Trinajstić information content (AvgIpc) is 2.88. The Bertz CT molecular complexity index is 511. The van der Waals surface area contributed by atoms with Crippen LogP contribution in [0.3, 0.4) is 0 Å². The van der Waals surface area contributed by atoms with E-state index in [0.717, 1.165) is 12.4 Å². The van der Waals surface area contributed by atoms with Gasteiger partial charge in [-0.1, -0.05) is 38.1 Å². The lowest BCUT2D eigenvalue weighted by atomic mass is 9.99. The summed E-state index contributed by atoms with van der Waals surface area (Å²) < 4.78 is 2.18. The Morgan fingerprint density at radius 1 is 1.16 bits per heavy atom. The van der Waals surface area contributed by atoms with Crippen molar-refractivity contribution in [2.45, 2.75) is 39.3 Å². The Kier molecular flexibility index (Phi) is 4.38. The minimum absolute atomic E-state index is 0.149. The van der Waals surface area contributed by atoms with E-state index < -0.39 is 0 Å². The van der Waals surface area contributed by atoms with E-state index in [-0.39, 0.29) is 6.04 Å². The highest BCUT2D eigenvalue weighted by Crippen LogP contribution is 2.23. The molecule has 0 radical (unpaired) electrons. The molecule has 1 atom stereocenters. The van der Waals surface area contributed by atoms with Crippen LogP contribution in [-0.4, -0.2) is 16.6 Å². The number of nitrogens with zero attached hydrogens (tertiary/aromatic N) is 2. The minimum Gasteiger partial charge on any atom is -0.334 e. The molecule has 0 saturated heterocycles. The average molecular weight is 257 g/mol. The molecule has 0 saturated carbocycles. The number of aromatic nitrogens is 2. The lowest BCUT2D eigenvalue weighted by molar-refractivity contribution is 0.590. The largest absolute Gasteiger partial charge is 0.334 e. The molecule has 2 rings (SSSR count). The highest BCUT2D eigenvalue weighted by molar-refractivity contribution is 5.30. The van der Waals surface area contributed by atoms with Gasteiger partial charge >= 0.3 is 0 Å². The maximum atomic E-state index is 4.49. The Hall–Kier alpha value is -1.61. The normalized spacial score (nSPS) is 12.9. The number of aryl methyl sites for hydroxylation is 1. The molecule has 1 aromatic carbocycles. The molecule has 1 heterocycles. The number of hydrogen-bond acceptors (Lipinski definition) is 2. The van der Waals surface area contributed by atoms with Crippen LogP contribution in [0.5, 0.6) is 0 Å². The zero-order valence-corrected chi connectivity index (χ0v) is 12.2. The molecular formula is C16H23N3. The summed E-state index contributed by atoms with van der Waals surface area (Å²) in [6.07, 6.45) is 3.90. The van der Waals surface area contributed by atoms with Gasteiger partial charge < -0.3 is 9.88 Å². The summed E-state index contributed by atoms with van der Waals surface area (Å²) in [5.41, 5.74) is 2.63. The SMILES string of the molecule is CCn1ccnc1C(NC)c1ccc(C(C)C)cc1. The first-order valence-electron chi connectivity index (χ1n) is 6.95. The van der Waals surface area contributed by atoms with Crippen molar-refractivity contribution in [3.8, 4) is 0 Å². The standard InChI is InChI=1S/C16H23N3/c1-5-19-11-10-18-16(19)15(17-4)14-8-6-13(7-9-14)12(2)3/h6-12,15,17H,5H2,1-4H3. The molecule has 2 aromatic rings. The third-order valence-corrected chi connectivity index (χ3v) is 3.57. The van der Waals surface area contributed by atoms with E-state index in [1.807, 2.05) is 19.4 Å². The molecule has 1 aromatic heterocycles. The molecule has 0 aliphatic heterocycles. The molecule has 0 spiro atoms. The van der Waals surface area contributed by atoms with Crippen molar-refractivity contribution in [2.75, 3.05) is 7.05 Å². The Labute approximate surface area is 115 Å². The quantitative estimate of drug-likeness (QED) is 0.890. The van der Waals surface area contributed by atoms with Gasteiger partial charge in [0.15, 0.2) is 0 Å². The fourth-order valence-electron chi connectivity index (χ4n) is 2.37. The number of nitrogens with one attached hydrogen (secondary N) is 1. The fourth-order valence-corrected chi connectivity index (χ4v) is 2.37. The predicted molar refractivity (Wildman–Crippen MR) is 79.3 cm³/mol. The van der Waals surface area contributed by atoms with E-state index in [2.05, 4.69) is 59.9 Å². The van der Waals surface area contributed by atoms with Crippen LogP contribution in [0.2, 0.25) is 0 Å². The first-order valence-corrected chi connectivity index (χ1v) is 6.95. The number of benzene rings is 1. The van der Waals surface area contributed by atoms with Crippen LogP contribution in [0, 0.1) is 0 Å². The maximum absolute atomic E-state index is 4.49. The van der Waals surface area contributed by atoms with E-state index in [1.54, 1.807) is 0 Å². The molecule has 0 aliphatic carbocycles. The van der Waals surface area contributed by atoms with Gasteiger partial charge in [-0.05, 0) is 31.0 Å². The van der Waals surface area contributed by atoms with Crippen molar-refractivity contribution >= 4 is 0 Å². The summed E-state index contributed by atoms with van der Waals surface area (Å²) in [6, 6.07) is 8.97. The number of imidazole rings is 1. The molecule has 1 unspecified atom stereocenters. The first-order chi connectivity index (χ1) is 9.17. The third-order valence-electron chi connectivity index (χ3n) is 3.57. The van der Waals surface area contributed by atoms with E-state index in [4.69, 9.17) is 0 Å². The van der Waals surface area contributed by atoms with Crippen LogP contribution in [-0.2, 0) is 6.54 Å². The third kappa shape index (κ3) is 2.87. The molecule has 19 heavy (non-hydrogen) atoms. The topological polar surface area (TPSA) is 29.9 Å². The monoisotopic (exact) mass is 257 g/mol. The van der Waals surface area contributed by atoms with Gasteiger partial charge in [-0.25, -0.2) is 4.98 Å². The van der Waals surface area contributed by atoms with Crippen molar-refractivity contribution in [1.82, 2.24) is 14.9 Å². The Balaban J connectivity index is 2.32. The van der Waals surface area contributed by atoms with Crippen molar-refractivity contribution in [3.63, 3.8) is 0 Å². The van der Waals surface area contributed by atoms with Crippen LogP contribution in [0.15, 0.2) is 36.7 Å². The van der Waals surface area contributed by atoms with Gasteiger partial charge in [0.1, 0.15) is 5.82 Å². The van der Waals surface area contributed by atoms with Gasteiger partial charge in [-0.15, -0.1) is 0 Å². The van der Waals surface area contributed by atoms with E-state index >= 15 is 0 Å². The van der Waals surface area contributed by atoms with Crippen LogP contribution in [0.4, 0.5) is 0 Å². The van der Waals surface area contributed by atoms with E-state index in [0.29, 0.717) is 5.92 Å². The molecular weight excluding hydrogens is 234 g/mol. The van der Waals surface area contributed by atoms with Crippen molar-refractivity contribution in [2.24, 2.45) is 0 Å². The molecule has 0 amide bonds. The summed E-state index contributed by atoms with van der Waals surface area (Å²) in [6.45, 7) is 7.51. The summed E-state index contributed by atoms with van der Waals surface area (Å²) in [5, 5.41) is 3.36. The second kappa shape index (κ2) is 6.02. The first kappa shape index (κ1) is 13.8. The molecule has 3 nitrogen and oxygen atoms in total. The lowest BCUT2D eigenvalue weighted by Gasteiger charge is -2.18. The van der Waals surface area contributed by atoms with Gasteiger partial charge in [0, 0.05) is 18.9 Å². The predicted octanol–water partition coefficient (Wildman–Crippen LogP) is 3.34. The highest BCUT2D eigenvalue weighted by atomic mass is 15.1. The summed E-state index contributed by atoms with van der Waals surface area (Å²) in [4.78, 5) is 4.49. The Morgan fingerprint density at radius 3 is 2.32 bits per heavy atom. The lowest BCUT2D eigenvalue weighted by Crippen LogP contribution is -2.21. The zero-order chi connectivity index (χ0) is 13.8. The van der Waals surface area contributed by atoms with Crippen LogP contribution in [0.1, 0.15) is 49.7 Å². The second-order valence-electron chi connectivity index (χ2n) is 5.11. The minimum atomic E-state index is 0.149. The van der Waals surface area contributed by atoms with Crippen molar-refractivity contribution in [1.29, 1.82) is 0 Å². The van der Waals surface area contributed by atoms with Gasteiger partial charge in [0.05, 0.1) is 6.04 Å². The smallest absolute Gasteiger partial charge is 0.130 e. The fraction of sp³-hybridized carbons (Fsp3) is 0.438. The molecule has 1 N–H and O–H groups in total. The number of hydrogen-bond donors (Lipinski definition) is 1. The van der Waals surface area contributed by atoms with Gasteiger partial charge in [-0.3, -0.25) is 0 Å². The van der Waals surface area contributed by atoms with Gasteiger partial charge in [-0.2, -0.15) is 0 Å². The van der Waals surface area contributed by atoms with Crippen LogP contribution in [0.25, 0.3) is 0 Å². The van der Waals surface area contributed by atoms with Crippen LogP contribution >= 0.6 is 0 Å². The van der Waals surface area contributed by atoms with E-state index in [1.165, 1.54) is 11.1 Å². The Morgan fingerprint density at radius 2 is 1.79 bits per heavy atom. The maximum Gasteiger partial charge on any atom is 0.130 e. The zero-order valence-electron chi connectivity index (χ0n) is 12.2.